The summed E-state index contributed by atoms with van der Waals surface area (Å²) in [7, 11) is 3.45. The number of ether oxygens (including phenoxy) is 1. The number of methoxy groups -OCH3 is 1. The van der Waals surface area contributed by atoms with E-state index in [0.717, 1.165) is 33.8 Å². The maximum absolute atomic E-state index is 12.9. The average Bonchev–Trinajstić information content (AvgIpc) is 3.08. The largest absolute Gasteiger partial charge is 0.496 e. The van der Waals surface area contributed by atoms with Crippen molar-refractivity contribution in [2.45, 2.75) is 38.9 Å². The highest BCUT2D eigenvalue weighted by molar-refractivity contribution is 7.98. The molecule has 0 fully saturated rings. The Bertz CT molecular complexity index is 1030. The molecule has 3 rings (SSSR count). The molecule has 2 heterocycles. The van der Waals surface area contributed by atoms with E-state index in [1.54, 1.807) is 16.5 Å². The van der Waals surface area contributed by atoms with Gasteiger partial charge in [0.05, 0.1) is 13.5 Å². The lowest BCUT2D eigenvalue weighted by molar-refractivity contribution is -0.129. The first kappa shape index (κ1) is 20.1. The van der Waals surface area contributed by atoms with Crippen molar-refractivity contribution in [2.24, 2.45) is 0 Å². The summed E-state index contributed by atoms with van der Waals surface area (Å²) < 4.78 is 7.14. The van der Waals surface area contributed by atoms with Gasteiger partial charge in [-0.2, -0.15) is 4.98 Å². The quantitative estimate of drug-likeness (QED) is 0.594. The van der Waals surface area contributed by atoms with Crippen molar-refractivity contribution in [1.29, 1.82) is 0 Å². The molecule has 7 nitrogen and oxygen atoms in total. The van der Waals surface area contributed by atoms with Crippen LogP contribution in [0.3, 0.4) is 0 Å². The molecular formula is C20H25N5O2S. The molecule has 28 heavy (non-hydrogen) atoms. The van der Waals surface area contributed by atoms with Crippen molar-refractivity contribution in [2.75, 3.05) is 20.4 Å². The van der Waals surface area contributed by atoms with E-state index in [2.05, 4.69) is 15.1 Å². The van der Waals surface area contributed by atoms with Gasteiger partial charge < -0.3 is 9.64 Å². The third kappa shape index (κ3) is 3.96. The van der Waals surface area contributed by atoms with Crippen LogP contribution in [0, 0.1) is 20.8 Å². The SMILES string of the molecule is COc1ccc(C)cc1CN(C)C(=O)Cc1c(C)nc2nc(SC)nn2c1C. The zero-order valence-electron chi connectivity index (χ0n) is 17.1. The monoisotopic (exact) mass is 399 g/mol. The first-order valence-corrected chi connectivity index (χ1v) is 10.2. The van der Waals surface area contributed by atoms with E-state index in [9.17, 15) is 4.79 Å². The number of thioether (sulfide) groups is 1. The van der Waals surface area contributed by atoms with Gasteiger partial charge in [-0.3, -0.25) is 4.79 Å². The van der Waals surface area contributed by atoms with Gasteiger partial charge in [0, 0.05) is 36.1 Å². The van der Waals surface area contributed by atoms with Crippen molar-refractivity contribution >= 4 is 23.4 Å². The van der Waals surface area contributed by atoms with Gasteiger partial charge >= 0.3 is 0 Å². The Balaban J connectivity index is 1.83. The van der Waals surface area contributed by atoms with Crippen LogP contribution in [0.1, 0.15) is 28.1 Å². The smallest absolute Gasteiger partial charge is 0.253 e. The summed E-state index contributed by atoms with van der Waals surface area (Å²) in [6, 6.07) is 5.98. The fraction of sp³-hybridized carbons (Fsp3) is 0.400. The molecule has 0 spiro atoms. The van der Waals surface area contributed by atoms with Gasteiger partial charge in [-0.15, -0.1) is 5.10 Å². The number of fused-ring (bicyclic) bond motifs is 1. The fourth-order valence-electron chi connectivity index (χ4n) is 3.19. The standard InChI is InChI=1S/C20H25N5O2S/c1-12-7-8-17(27-5)15(9-12)11-24(4)18(26)10-16-13(2)21-19-22-20(28-6)23-25(19)14(16)3/h7-9H,10-11H2,1-6H3. The second-order valence-corrected chi connectivity index (χ2v) is 7.59. The predicted octanol–water partition coefficient (Wildman–Crippen LogP) is 2.98. The summed E-state index contributed by atoms with van der Waals surface area (Å²) in [6.07, 6.45) is 2.19. The number of carbonyl (C=O) groups is 1. The summed E-state index contributed by atoms with van der Waals surface area (Å²) in [5.41, 5.74) is 4.71. The van der Waals surface area contributed by atoms with Gasteiger partial charge in [0.25, 0.3) is 5.78 Å². The molecule has 1 aromatic carbocycles. The lowest BCUT2D eigenvalue weighted by Gasteiger charge is -2.20. The minimum atomic E-state index is 0.0149. The van der Waals surface area contributed by atoms with E-state index in [1.165, 1.54) is 11.8 Å². The van der Waals surface area contributed by atoms with Crippen LogP contribution in [0.15, 0.2) is 23.4 Å². The van der Waals surface area contributed by atoms with Crippen molar-refractivity contribution < 1.29 is 9.53 Å². The zero-order valence-corrected chi connectivity index (χ0v) is 17.9. The van der Waals surface area contributed by atoms with Gasteiger partial charge in [0.2, 0.25) is 11.1 Å². The lowest BCUT2D eigenvalue weighted by atomic mass is 10.1. The summed E-state index contributed by atoms with van der Waals surface area (Å²) in [6.45, 7) is 6.37. The molecular weight excluding hydrogens is 374 g/mol. The number of hydrogen-bond donors (Lipinski definition) is 0. The summed E-state index contributed by atoms with van der Waals surface area (Å²) in [5, 5.41) is 5.12. The number of nitrogens with zero attached hydrogens (tertiary/aromatic N) is 5. The topological polar surface area (TPSA) is 72.6 Å². The predicted molar refractivity (Wildman–Crippen MR) is 110 cm³/mol. The van der Waals surface area contributed by atoms with Crippen LogP contribution in [-0.4, -0.2) is 50.8 Å². The molecule has 0 saturated heterocycles. The van der Waals surface area contributed by atoms with Crippen LogP contribution in [-0.2, 0) is 17.8 Å². The Kier molecular flexibility index (Phi) is 5.88. The van der Waals surface area contributed by atoms with Crippen LogP contribution >= 0.6 is 11.8 Å². The normalized spacial score (nSPS) is 11.1. The Morgan fingerprint density at radius 2 is 2.00 bits per heavy atom. The van der Waals surface area contributed by atoms with Gasteiger partial charge in [-0.05, 0) is 33.1 Å². The third-order valence-corrected chi connectivity index (χ3v) is 5.35. The van der Waals surface area contributed by atoms with Crippen molar-refractivity contribution in [3.8, 4) is 5.75 Å². The lowest BCUT2D eigenvalue weighted by Crippen LogP contribution is -2.29. The Morgan fingerprint density at radius 1 is 1.25 bits per heavy atom. The molecule has 0 radical (unpaired) electrons. The zero-order chi connectivity index (χ0) is 20.4. The van der Waals surface area contributed by atoms with Crippen LogP contribution in [0.2, 0.25) is 0 Å². The molecule has 0 unspecified atom stereocenters. The minimum Gasteiger partial charge on any atom is -0.496 e. The summed E-state index contributed by atoms with van der Waals surface area (Å²) in [4.78, 5) is 23.5. The van der Waals surface area contributed by atoms with Crippen molar-refractivity contribution in [3.63, 3.8) is 0 Å². The van der Waals surface area contributed by atoms with E-state index >= 15 is 0 Å². The van der Waals surface area contributed by atoms with E-state index in [4.69, 9.17) is 4.74 Å². The number of aryl methyl sites for hydroxylation is 3. The highest BCUT2D eigenvalue weighted by atomic mass is 32.2. The molecule has 0 aliphatic rings. The molecule has 0 aliphatic heterocycles. The fourth-order valence-corrected chi connectivity index (χ4v) is 3.53. The molecule has 148 valence electrons. The number of amides is 1. The first-order valence-electron chi connectivity index (χ1n) is 8.98. The second-order valence-electron chi connectivity index (χ2n) is 6.81. The highest BCUT2D eigenvalue weighted by Crippen LogP contribution is 2.22. The molecule has 8 heteroatoms. The maximum Gasteiger partial charge on any atom is 0.253 e. The number of rotatable bonds is 6. The summed E-state index contributed by atoms with van der Waals surface area (Å²) in [5.74, 6) is 1.36. The molecule has 0 aliphatic carbocycles. The van der Waals surface area contributed by atoms with E-state index < -0.39 is 0 Å². The van der Waals surface area contributed by atoms with Gasteiger partial charge in [0.1, 0.15) is 5.75 Å². The summed E-state index contributed by atoms with van der Waals surface area (Å²) >= 11 is 1.47. The number of hydrogen-bond acceptors (Lipinski definition) is 6. The molecule has 0 bridgehead atoms. The van der Waals surface area contributed by atoms with Crippen LogP contribution in [0.4, 0.5) is 0 Å². The third-order valence-electron chi connectivity index (χ3n) is 4.81. The van der Waals surface area contributed by atoms with E-state index in [-0.39, 0.29) is 12.3 Å². The second kappa shape index (κ2) is 8.18. The number of benzene rings is 1. The number of likely N-dealkylation sites (N-methyl/N-ethyl adjacent to an activating group) is 1. The van der Waals surface area contributed by atoms with Crippen molar-refractivity contribution in [3.05, 3.63) is 46.3 Å². The first-order chi connectivity index (χ1) is 13.3. The molecule has 0 saturated carbocycles. The van der Waals surface area contributed by atoms with Crippen LogP contribution < -0.4 is 4.74 Å². The van der Waals surface area contributed by atoms with Crippen LogP contribution in [0.5, 0.6) is 5.75 Å². The minimum absolute atomic E-state index is 0.0149. The Hall–Kier alpha value is -2.61. The van der Waals surface area contributed by atoms with Gasteiger partial charge in [0.15, 0.2) is 0 Å². The van der Waals surface area contributed by atoms with Gasteiger partial charge in [-0.25, -0.2) is 9.50 Å². The van der Waals surface area contributed by atoms with E-state index in [1.807, 2.05) is 52.3 Å². The Labute approximate surface area is 169 Å². The van der Waals surface area contributed by atoms with Crippen molar-refractivity contribution in [1.82, 2.24) is 24.5 Å². The maximum atomic E-state index is 12.9. The Morgan fingerprint density at radius 3 is 2.68 bits per heavy atom. The average molecular weight is 400 g/mol. The molecule has 0 N–H and O–H groups in total. The van der Waals surface area contributed by atoms with E-state index in [0.29, 0.717) is 17.5 Å². The molecule has 0 atom stereocenters. The van der Waals surface area contributed by atoms with Gasteiger partial charge in [-0.1, -0.05) is 29.5 Å². The number of carbonyl (C=O) groups excluding carboxylic acids is 1. The molecule has 2 aromatic heterocycles. The van der Waals surface area contributed by atoms with Crippen LogP contribution in [0.25, 0.3) is 5.78 Å². The molecule has 1 amide bonds. The number of aromatic nitrogens is 4. The molecule has 3 aromatic rings. The highest BCUT2D eigenvalue weighted by Gasteiger charge is 2.19.